The van der Waals surface area contributed by atoms with Crippen molar-refractivity contribution in [3.8, 4) is 11.1 Å². The third-order valence-electron chi connectivity index (χ3n) is 2.75. The number of primary sulfonamides is 1. The minimum Gasteiger partial charge on any atom is -0.478 e. The second-order valence-electron chi connectivity index (χ2n) is 4.15. The second kappa shape index (κ2) is 4.95. The van der Waals surface area contributed by atoms with Crippen LogP contribution in [0.25, 0.3) is 11.1 Å². The normalized spacial score (nSPS) is 11.2. The van der Waals surface area contributed by atoms with Gasteiger partial charge in [-0.1, -0.05) is 30.3 Å². The number of carbonyl (C=O) groups is 1. The molecular weight excluding hydrogens is 280 g/mol. The third kappa shape index (κ3) is 2.63. The van der Waals surface area contributed by atoms with Crippen LogP contribution in [0.15, 0.2) is 47.4 Å². The molecule has 0 aliphatic heterocycles. The van der Waals surface area contributed by atoms with E-state index in [4.69, 9.17) is 16.0 Å². The van der Waals surface area contributed by atoms with Gasteiger partial charge in [0.05, 0.1) is 10.5 Å². The maximum Gasteiger partial charge on any atom is 0.335 e. The van der Waals surface area contributed by atoms with Crippen LogP contribution >= 0.6 is 0 Å². The summed E-state index contributed by atoms with van der Waals surface area (Å²) in [6.45, 7) is 0. The monoisotopic (exact) mass is 292 g/mol. The van der Waals surface area contributed by atoms with E-state index in [-0.39, 0.29) is 21.7 Å². The number of carboxylic acids is 1. The van der Waals surface area contributed by atoms with Crippen molar-refractivity contribution >= 4 is 21.7 Å². The molecule has 0 spiro atoms. The average Bonchev–Trinajstić information content (AvgIpc) is 2.37. The van der Waals surface area contributed by atoms with Crippen molar-refractivity contribution in [1.29, 1.82) is 0 Å². The van der Waals surface area contributed by atoms with Crippen LogP contribution in [0.1, 0.15) is 10.4 Å². The van der Waals surface area contributed by atoms with E-state index >= 15 is 0 Å². The molecule has 0 saturated carbocycles. The standard InChI is InChI=1S/C13H12N2O4S/c14-10-6-9(13(16)17)7-11(20(15,18)19)12(10)8-4-2-1-3-5-8/h1-7H,14H2,(H,16,17)(H2,15,18,19). The van der Waals surface area contributed by atoms with Crippen LogP contribution < -0.4 is 10.9 Å². The number of benzene rings is 2. The number of hydrogen-bond donors (Lipinski definition) is 3. The number of nitrogens with two attached hydrogens (primary N) is 2. The highest BCUT2D eigenvalue weighted by Crippen LogP contribution is 2.33. The lowest BCUT2D eigenvalue weighted by Gasteiger charge is -2.12. The summed E-state index contributed by atoms with van der Waals surface area (Å²) in [6.07, 6.45) is 0. The molecular formula is C13H12N2O4S. The van der Waals surface area contributed by atoms with Crippen LogP contribution in [0.2, 0.25) is 0 Å². The molecule has 0 heterocycles. The maximum atomic E-state index is 11.7. The molecule has 0 unspecified atom stereocenters. The molecule has 0 atom stereocenters. The van der Waals surface area contributed by atoms with Crippen molar-refractivity contribution in [2.24, 2.45) is 5.14 Å². The largest absolute Gasteiger partial charge is 0.478 e. The smallest absolute Gasteiger partial charge is 0.335 e. The van der Waals surface area contributed by atoms with E-state index < -0.39 is 16.0 Å². The average molecular weight is 292 g/mol. The number of hydrogen-bond acceptors (Lipinski definition) is 4. The van der Waals surface area contributed by atoms with Gasteiger partial charge in [0.2, 0.25) is 10.0 Å². The molecule has 2 aromatic rings. The van der Waals surface area contributed by atoms with E-state index in [2.05, 4.69) is 0 Å². The Morgan fingerprint density at radius 2 is 1.70 bits per heavy atom. The molecule has 0 aromatic heterocycles. The molecule has 0 saturated heterocycles. The van der Waals surface area contributed by atoms with Gasteiger partial charge in [0, 0.05) is 11.3 Å². The van der Waals surface area contributed by atoms with Crippen LogP contribution in [0, 0.1) is 0 Å². The first-order valence-corrected chi connectivity index (χ1v) is 7.10. The lowest BCUT2D eigenvalue weighted by molar-refractivity contribution is 0.0696. The van der Waals surface area contributed by atoms with E-state index in [0.29, 0.717) is 5.56 Å². The molecule has 6 nitrogen and oxygen atoms in total. The summed E-state index contributed by atoms with van der Waals surface area (Å²) in [5, 5.41) is 14.1. The van der Waals surface area contributed by atoms with Gasteiger partial charge in [-0.2, -0.15) is 0 Å². The molecule has 0 aliphatic carbocycles. The summed E-state index contributed by atoms with van der Waals surface area (Å²) in [6, 6.07) is 10.7. The molecule has 0 amide bonds. The zero-order valence-electron chi connectivity index (χ0n) is 10.3. The van der Waals surface area contributed by atoms with Crippen LogP contribution in [0.5, 0.6) is 0 Å². The Kier molecular flexibility index (Phi) is 3.47. The molecule has 0 radical (unpaired) electrons. The van der Waals surface area contributed by atoms with Crippen molar-refractivity contribution in [2.45, 2.75) is 4.90 Å². The lowest BCUT2D eigenvalue weighted by Crippen LogP contribution is -2.15. The zero-order valence-corrected chi connectivity index (χ0v) is 11.1. The highest BCUT2D eigenvalue weighted by atomic mass is 32.2. The summed E-state index contributed by atoms with van der Waals surface area (Å²) in [5.74, 6) is -1.28. The topological polar surface area (TPSA) is 123 Å². The van der Waals surface area contributed by atoms with Gasteiger partial charge in [-0.25, -0.2) is 18.4 Å². The lowest BCUT2D eigenvalue weighted by atomic mass is 10.0. The molecule has 5 N–H and O–H groups in total. The quantitative estimate of drug-likeness (QED) is 0.735. The van der Waals surface area contributed by atoms with Crippen LogP contribution in [-0.2, 0) is 10.0 Å². The van der Waals surface area contributed by atoms with E-state index in [1.807, 2.05) is 0 Å². The zero-order chi connectivity index (χ0) is 14.9. The SMILES string of the molecule is Nc1cc(C(=O)O)cc(S(N)(=O)=O)c1-c1ccccc1. The highest BCUT2D eigenvalue weighted by molar-refractivity contribution is 7.89. The number of rotatable bonds is 3. The van der Waals surface area contributed by atoms with Crippen molar-refractivity contribution in [2.75, 3.05) is 5.73 Å². The Morgan fingerprint density at radius 1 is 1.10 bits per heavy atom. The Hall–Kier alpha value is -2.38. The first-order chi connectivity index (χ1) is 9.30. The first-order valence-electron chi connectivity index (χ1n) is 5.55. The minimum absolute atomic E-state index is 0.0418. The predicted molar refractivity (Wildman–Crippen MR) is 74.6 cm³/mol. The molecule has 0 fully saturated rings. The van der Waals surface area contributed by atoms with Gasteiger partial charge in [-0.05, 0) is 17.7 Å². The fourth-order valence-electron chi connectivity index (χ4n) is 1.90. The highest BCUT2D eigenvalue weighted by Gasteiger charge is 2.21. The van der Waals surface area contributed by atoms with E-state index in [1.54, 1.807) is 30.3 Å². The Morgan fingerprint density at radius 3 is 2.20 bits per heavy atom. The van der Waals surface area contributed by atoms with E-state index in [9.17, 15) is 13.2 Å². The Labute approximate surface area is 115 Å². The van der Waals surface area contributed by atoms with Crippen molar-refractivity contribution in [1.82, 2.24) is 0 Å². The molecule has 7 heteroatoms. The summed E-state index contributed by atoms with van der Waals surface area (Å²) >= 11 is 0. The van der Waals surface area contributed by atoms with Crippen LogP contribution in [0.4, 0.5) is 5.69 Å². The Balaban J connectivity index is 2.84. The summed E-state index contributed by atoms with van der Waals surface area (Å²) < 4.78 is 23.4. The van der Waals surface area contributed by atoms with Crippen LogP contribution in [0.3, 0.4) is 0 Å². The van der Waals surface area contributed by atoms with Gasteiger partial charge in [-0.3, -0.25) is 0 Å². The molecule has 20 heavy (non-hydrogen) atoms. The number of aromatic carboxylic acids is 1. The van der Waals surface area contributed by atoms with E-state index in [1.165, 1.54) is 6.07 Å². The van der Waals surface area contributed by atoms with Gasteiger partial charge >= 0.3 is 5.97 Å². The Bertz CT molecular complexity index is 770. The second-order valence-corrected chi connectivity index (χ2v) is 5.68. The molecule has 0 bridgehead atoms. The van der Waals surface area contributed by atoms with Crippen molar-refractivity contribution < 1.29 is 18.3 Å². The fourth-order valence-corrected chi connectivity index (χ4v) is 2.71. The fraction of sp³-hybridized carbons (Fsp3) is 0. The molecule has 0 aliphatic rings. The summed E-state index contributed by atoms with van der Waals surface area (Å²) in [7, 11) is -4.10. The van der Waals surface area contributed by atoms with Gasteiger partial charge in [0.1, 0.15) is 0 Å². The van der Waals surface area contributed by atoms with Gasteiger partial charge in [0.25, 0.3) is 0 Å². The van der Waals surface area contributed by atoms with Crippen molar-refractivity contribution in [3.63, 3.8) is 0 Å². The van der Waals surface area contributed by atoms with Crippen molar-refractivity contribution in [3.05, 3.63) is 48.0 Å². The predicted octanol–water partition coefficient (Wildman–Crippen LogP) is 1.28. The van der Waals surface area contributed by atoms with Crippen LogP contribution in [-0.4, -0.2) is 19.5 Å². The van der Waals surface area contributed by atoms with Gasteiger partial charge < -0.3 is 10.8 Å². The van der Waals surface area contributed by atoms with Gasteiger partial charge in [0.15, 0.2) is 0 Å². The molecule has 2 rings (SSSR count). The summed E-state index contributed by atoms with van der Waals surface area (Å²) in [4.78, 5) is 10.7. The number of nitrogen functional groups attached to an aromatic ring is 1. The third-order valence-corrected chi connectivity index (χ3v) is 3.68. The number of sulfonamides is 1. The first kappa shape index (κ1) is 14.0. The minimum atomic E-state index is -4.10. The molecule has 2 aromatic carbocycles. The maximum absolute atomic E-state index is 11.7. The number of anilines is 1. The summed E-state index contributed by atoms with van der Waals surface area (Å²) in [5.41, 5.74) is 6.37. The number of carboxylic acid groups (broad SMARTS) is 1. The van der Waals surface area contributed by atoms with Gasteiger partial charge in [-0.15, -0.1) is 0 Å². The molecule has 104 valence electrons. The van der Waals surface area contributed by atoms with E-state index in [0.717, 1.165) is 6.07 Å².